The normalized spacial score (nSPS) is 23.4. The van der Waals surface area contributed by atoms with Gasteiger partial charge in [0, 0.05) is 32.7 Å². The van der Waals surface area contributed by atoms with Gasteiger partial charge in [0.15, 0.2) is 5.11 Å². The number of hydrogen-bond donors (Lipinski definition) is 2. The van der Waals surface area contributed by atoms with Gasteiger partial charge in [-0.2, -0.15) is 0 Å². The standard InChI is InChI=1S/C12H23N3O2S/c1-15(12(13)18)10-5-3-9(4-6-10)14-11(16)7-8-17-2/h9-10H,3-8H2,1-2H3,(H2,13,18)(H,14,16). The van der Waals surface area contributed by atoms with Crippen LogP contribution >= 0.6 is 12.2 Å². The lowest BCUT2D eigenvalue weighted by atomic mass is 9.90. The highest BCUT2D eigenvalue weighted by molar-refractivity contribution is 7.80. The lowest BCUT2D eigenvalue weighted by Gasteiger charge is -2.35. The van der Waals surface area contributed by atoms with Gasteiger partial charge in [-0.15, -0.1) is 0 Å². The Morgan fingerprint density at radius 3 is 2.56 bits per heavy atom. The SMILES string of the molecule is COCCC(=O)NC1CCC(N(C)C(N)=S)CC1. The number of thiocarbonyl (C=S) groups is 1. The summed E-state index contributed by atoms with van der Waals surface area (Å²) in [5.74, 6) is 0.0722. The Kier molecular flexibility index (Phi) is 6.35. The van der Waals surface area contributed by atoms with E-state index < -0.39 is 0 Å². The summed E-state index contributed by atoms with van der Waals surface area (Å²) in [6, 6.07) is 0.694. The van der Waals surface area contributed by atoms with E-state index >= 15 is 0 Å². The van der Waals surface area contributed by atoms with Crippen LogP contribution in [0.2, 0.25) is 0 Å². The van der Waals surface area contributed by atoms with Crippen molar-refractivity contribution >= 4 is 23.2 Å². The maximum atomic E-state index is 11.6. The highest BCUT2D eigenvalue weighted by Gasteiger charge is 2.25. The number of ether oxygens (including phenoxy) is 1. The Morgan fingerprint density at radius 1 is 1.44 bits per heavy atom. The highest BCUT2D eigenvalue weighted by atomic mass is 32.1. The van der Waals surface area contributed by atoms with Gasteiger partial charge in [-0.25, -0.2) is 0 Å². The Morgan fingerprint density at radius 2 is 2.06 bits per heavy atom. The molecule has 6 heteroatoms. The van der Waals surface area contributed by atoms with E-state index in [1.807, 2.05) is 11.9 Å². The van der Waals surface area contributed by atoms with Crippen molar-refractivity contribution in [2.45, 2.75) is 44.2 Å². The number of carbonyl (C=O) groups is 1. The van der Waals surface area contributed by atoms with Crippen LogP contribution in [0.1, 0.15) is 32.1 Å². The molecule has 1 fully saturated rings. The van der Waals surface area contributed by atoms with Gasteiger partial charge in [-0.1, -0.05) is 0 Å². The fourth-order valence-electron chi connectivity index (χ4n) is 2.28. The molecule has 0 aromatic rings. The first kappa shape index (κ1) is 15.2. The van der Waals surface area contributed by atoms with Crippen LogP contribution in [0.3, 0.4) is 0 Å². The average Bonchev–Trinajstić information content (AvgIpc) is 2.36. The summed E-state index contributed by atoms with van der Waals surface area (Å²) in [7, 11) is 3.54. The zero-order valence-corrected chi connectivity index (χ0v) is 12.0. The van der Waals surface area contributed by atoms with Crippen molar-refractivity contribution in [3.63, 3.8) is 0 Å². The second-order valence-corrected chi connectivity index (χ2v) is 5.18. The van der Waals surface area contributed by atoms with E-state index in [0.29, 0.717) is 24.2 Å². The lowest BCUT2D eigenvalue weighted by molar-refractivity contribution is -0.122. The number of nitrogens with two attached hydrogens (primary N) is 1. The number of hydrogen-bond acceptors (Lipinski definition) is 3. The largest absolute Gasteiger partial charge is 0.384 e. The van der Waals surface area contributed by atoms with Crippen molar-refractivity contribution in [2.24, 2.45) is 5.73 Å². The molecule has 0 aliphatic heterocycles. The van der Waals surface area contributed by atoms with E-state index in [0.717, 1.165) is 25.7 Å². The van der Waals surface area contributed by atoms with Crippen LogP contribution < -0.4 is 11.1 Å². The summed E-state index contributed by atoms with van der Waals surface area (Å²) < 4.78 is 4.88. The fraction of sp³-hybridized carbons (Fsp3) is 0.833. The molecule has 0 aromatic carbocycles. The monoisotopic (exact) mass is 273 g/mol. The Bertz CT molecular complexity index is 291. The summed E-state index contributed by atoms with van der Waals surface area (Å²) in [5, 5.41) is 3.49. The van der Waals surface area contributed by atoms with Gasteiger partial charge in [0.1, 0.15) is 0 Å². The summed E-state index contributed by atoms with van der Waals surface area (Å²) in [4.78, 5) is 13.5. The smallest absolute Gasteiger partial charge is 0.222 e. The molecule has 1 aliphatic rings. The second kappa shape index (κ2) is 7.53. The van der Waals surface area contributed by atoms with Crippen molar-refractivity contribution < 1.29 is 9.53 Å². The van der Waals surface area contributed by atoms with E-state index in [1.54, 1.807) is 7.11 Å². The second-order valence-electron chi connectivity index (χ2n) is 4.76. The van der Waals surface area contributed by atoms with Gasteiger partial charge < -0.3 is 20.7 Å². The molecule has 0 spiro atoms. The number of rotatable bonds is 5. The van der Waals surface area contributed by atoms with Crippen molar-refractivity contribution in [3.8, 4) is 0 Å². The molecule has 104 valence electrons. The molecule has 1 saturated carbocycles. The first-order chi connectivity index (χ1) is 8.54. The quantitative estimate of drug-likeness (QED) is 0.719. The Hall–Kier alpha value is -0.880. The number of nitrogens with one attached hydrogen (secondary N) is 1. The first-order valence-electron chi connectivity index (χ1n) is 6.35. The predicted molar refractivity (Wildman–Crippen MR) is 75.2 cm³/mol. The van der Waals surface area contributed by atoms with E-state index in [-0.39, 0.29) is 11.9 Å². The number of nitrogens with zero attached hydrogens (tertiary/aromatic N) is 1. The molecule has 1 aliphatic carbocycles. The summed E-state index contributed by atoms with van der Waals surface area (Å²) in [6.07, 6.45) is 4.43. The third-order valence-corrected chi connectivity index (χ3v) is 3.78. The maximum absolute atomic E-state index is 11.6. The molecule has 0 heterocycles. The topological polar surface area (TPSA) is 67.6 Å². The Labute approximate surface area is 114 Å². The van der Waals surface area contributed by atoms with Crippen LogP contribution in [0.15, 0.2) is 0 Å². The van der Waals surface area contributed by atoms with Gasteiger partial charge in [-0.05, 0) is 37.9 Å². The van der Waals surface area contributed by atoms with Crippen LogP contribution in [0.4, 0.5) is 0 Å². The molecule has 3 N–H and O–H groups in total. The lowest BCUT2D eigenvalue weighted by Crippen LogP contribution is -2.46. The van der Waals surface area contributed by atoms with Gasteiger partial charge in [0.2, 0.25) is 5.91 Å². The van der Waals surface area contributed by atoms with Crippen LogP contribution in [0.25, 0.3) is 0 Å². The molecular formula is C12H23N3O2S. The fourth-order valence-corrected chi connectivity index (χ4v) is 2.43. The molecule has 1 amide bonds. The van der Waals surface area contributed by atoms with Crippen molar-refractivity contribution in [3.05, 3.63) is 0 Å². The molecule has 0 saturated heterocycles. The Balaban J connectivity index is 2.27. The van der Waals surface area contributed by atoms with E-state index in [4.69, 9.17) is 22.7 Å². The van der Waals surface area contributed by atoms with Crippen LogP contribution in [-0.2, 0) is 9.53 Å². The van der Waals surface area contributed by atoms with E-state index in [2.05, 4.69) is 5.32 Å². The minimum Gasteiger partial charge on any atom is -0.384 e. The molecule has 0 unspecified atom stereocenters. The van der Waals surface area contributed by atoms with Crippen LogP contribution in [-0.4, -0.2) is 48.8 Å². The number of amides is 1. The summed E-state index contributed by atoms with van der Waals surface area (Å²) in [5.41, 5.74) is 5.61. The van der Waals surface area contributed by atoms with Gasteiger partial charge in [-0.3, -0.25) is 4.79 Å². The number of methoxy groups -OCH3 is 1. The third-order valence-electron chi connectivity index (χ3n) is 3.49. The molecule has 0 aromatic heterocycles. The third kappa shape index (κ3) is 4.78. The molecular weight excluding hydrogens is 250 g/mol. The maximum Gasteiger partial charge on any atom is 0.222 e. The van der Waals surface area contributed by atoms with Crippen LogP contribution in [0, 0.1) is 0 Å². The summed E-state index contributed by atoms with van der Waals surface area (Å²) >= 11 is 4.97. The van der Waals surface area contributed by atoms with E-state index in [1.165, 1.54) is 0 Å². The van der Waals surface area contributed by atoms with Gasteiger partial charge in [0.05, 0.1) is 6.61 Å². The van der Waals surface area contributed by atoms with Crippen molar-refractivity contribution in [1.82, 2.24) is 10.2 Å². The molecule has 18 heavy (non-hydrogen) atoms. The highest BCUT2D eigenvalue weighted by Crippen LogP contribution is 2.22. The molecule has 5 nitrogen and oxygen atoms in total. The minimum atomic E-state index is 0.0722. The van der Waals surface area contributed by atoms with Crippen molar-refractivity contribution in [1.29, 1.82) is 0 Å². The van der Waals surface area contributed by atoms with Gasteiger partial charge >= 0.3 is 0 Å². The molecule has 0 bridgehead atoms. The molecule has 0 radical (unpaired) electrons. The van der Waals surface area contributed by atoms with Crippen LogP contribution in [0.5, 0.6) is 0 Å². The number of carbonyl (C=O) groups excluding carboxylic acids is 1. The average molecular weight is 273 g/mol. The minimum absolute atomic E-state index is 0.0722. The predicted octanol–water partition coefficient (Wildman–Crippen LogP) is 0.626. The van der Waals surface area contributed by atoms with Crippen molar-refractivity contribution in [2.75, 3.05) is 20.8 Å². The van der Waals surface area contributed by atoms with Gasteiger partial charge in [0.25, 0.3) is 0 Å². The molecule has 0 atom stereocenters. The zero-order chi connectivity index (χ0) is 13.5. The van der Waals surface area contributed by atoms with E-state index in [9.17, 15) is 4.79 Å². The first-order valence-corrected chi connectivity index (χ1v) is 6.76. The summed E-state index contributed by atoms with van der Waals surface area (Å²) in [6.45, 7) is 0.478. The molecule has 1 rings (SSSR count). The zero-order valence-electron chi connectivity index (χ0n) is 11.1.